The molecule has 0 spiro atoms. The molecule has 1 atom stereocenters. The molecule has 0 radical (unpaired) electrons. The number of nitrogens with two attached hydrogens (primary N) is 1. The number of nitrogens with one attached hydrogen (secondary N) is 1. The number of para-hydroxylation sites is 1. The van der Waals surface area contributed by atoms with Gasteiger partial charge in [0.25, 0.3) is 0 Å². The second-order valence-corrected chi connectivity index (χ2v) is 5.19. The van der Waals surface area contributed by atoms with Crippen LogP contribution in [0.5, 0.6) is 5.75 Å². The van der Waals surface area contributed by atoms with Crippen LogP contribution < -0.4 is 16.0 Å². The van der Waals surface area contributed by atoms with Crippen molar-refractivity contribution in [1.29, 1.82) is 0 Å². The zero-order valence-corrected chi connectivity index (χ0v) is 12.4. The largest absolute Gasteiger partial charge is 0.492 e. The molecular weight excluding hydrogens is 295 g/mol. The van der Waals surface area contributed by atoms with Crippen LogP contribution in [0, 0.1) is 0 Å². The maximum absolute atomic E-state index is 6.17. The van der Waals surface area contributed by atoms with Crippen LogP contribution in [0.25, 0.3) is 0 Å². The quantitative estimate of drug-likeness (QED) is 0.634. The monoisotopic (exact) mass is 310 g/mol. The minimum atomic E-state index is -0.0498. The molecule has 0 aliphatic rings. The molecule has 2 aromatic rings. The van der Waals surface area contributed by atoms with Crippen molar-refractivity contribution >= 4 is 23.2 Å². The smallest absolute Gasteiger partial charge is 0.119 e. The second-order valence-electron chi connectivity index (χ2n) is 4.40. The van der Waals surface area contributed by atoms with E-state index >= 15 is 0 Å². The van der Waals surface area contributed by atoms with E-state index in [0.29, 0.717) is 23.1 Å². The zero-order valence-electron chi connectivity index (χ0n) is 10.9. The molecule has 0 heterocycles. The van der Waals surface area contributed by atoms with Crippen LogP contribution in [0.3, 0.4) is 0 Å². The minimum Gasteiger partial charge on any atom is -0.492 e. The number of hydrogen-bond donors (Lipinski definition) is 2. The minimum absolute atomic E-state index is 0.0498. The van der Waals surface area contributed by atoms with Crippen LogP contribution in [0.4, 0.5) is 0 Å². The first kappa shape index (κ1) is 15.1. The molecule has 5 heteroatoms. The van der Waals surface area contributed by atoms with Gasteiger partial charge in [0.15, 0.2) is 0 Å². The Balaban J connectivity index is 1.97. The zero-order chi connectivity index (χ0) is 14.4. The van der Waals surface area contributed by atoms with Gasteiger partial charge in [-0.05, 0) is 30.2 Å². The average molecular weight is 311 g/mol. The van der Waals surface area contributed by atoms with Gasteiger partial charge in [0.05, 0.1) is 16.1 Å². The Kier molecular flexibility index (Phi) is 5.68. The molecule has 0 amide bonds. The summed E-state index contributed by atoms with van der Waals surface area (Å²) in [5.41, 5.74) is 3.68. The lowest BCUT2D eigenvalue weighted by atomic mass is 10.1. The van der Waals surface area contributed by atoms with Crippen molar-refractivity contribution in [3.05, 3.63) is 64.1 Å². The first-order valence-electron chi connectivity index (χ1n) is 6.27. The van der Waals surface area contributed by atoms with Crippen LogP contribution >= 0.6 is 23.2 Å². The highest BCUT2D eigenvalue weighted by atomic mass is 35.5. The fraction of sp³-hybridized carbons (Fsp3) is 0.200. The number of hydrogen-bond acceptors (Lipinski definition) is 3. The average Bonchev–Trinajstić information content (AvgIpc) is 2.49. The summed E-state index contributed by atoms with van der Waals surface area (Å²) in [6, 6.07) is 15.1. The lowest BCUT2D eigenvalue weighted by Gasteiger charge is -2.17. The van der Waals surface area contributed by atoms with E-state index in [1.54, 1.807) is 6.07 Å². The SMILES string of the molecule is NNC(COc1ccccc1)Cc1cccc(Cl)c1Cl. The Labute approximate surface area is 128 Å². The number of ether oxygens (including phenoxy) is 1. The molecule has 2 aromatic carbocycles. The molecule has 106 valence electrons. The Morgan fingerprint density at radius 3 is 2.50 bits per heavy atom. The van der Waals surface area contributed by atoms with Crippen molar-refractivity contribution in [3.8, 4) is 5.75 Å². The molecule has 2 rings (SSSR count). The second kappa shape index (κ2) is 7.50. The predicted octanol–water partition coefficient (Wildman–Crippen LogP) is 3.45. The summed E-state index contributed by atoms with van der Waals surface area (Å²) in [6.45, 7) is 0.448. The molecule has 0 aromatic heterocycles. The molecule has 3 nitrogen and oxygen atoms in total. The van der Waals surface area contributed by atoms with Crippen molar-refractivity contribution in [2.45, 2.75) is 12.5 Å². The summed E-state index contributed by atoms with van der Waals surface area (Å²) >= 11 is 12.2. The number of rotatable bonds is 6. The molecule has 20 heavy (non-hydrogen) atoms. The highest BCUT2D eigenvalue weighted by molar-refractivity contribution is 6.42. The van der Waals surface area contributed by atoms with Gasteiger partial charge in [-0.3, -0.25) is 11.3 Å². The Morgan fingerprint density at radius 1 is 1.05 bits per heavy atom. The third-order valence-corrected chi connectivity index (χ3v) is 3.79. The van der Waals surface area contributed by atoms with Crippen LogP contribution in [0.1, 0.15) is 5.56 Å². The summed E-state index contributed by atoms with van der Waals surface area (Å²) in [7, 11) is 0. The van der Waals surface area contributed by atoms with Gasteiger partial charge in [0.1, 0.15) is 12.4 Å². The highest BCUT2D eigenvalue weighted by Crippen LogP contribution is 2.26. The van der Waals surface area contributed by atoms with E-state index in [4.69, 9.17) is 33.8 Å². The lowest BCUT2D eigenvalue weighted by molar-refractivity contribution is 0.264. The first-order valence-corrected chi connectivity index (χ1v) is 7.03. The van der Waals surface area contributed by atoms with E-state index in [1.807, 2.05) is 42.5 Å². The van der Waals surface area contributed by atoms with E-state index in [1.165, 1.54) is 0 Å². The summed E-state index contributed by atoms with van der Waals surface area (Å²) in [5.74, 6) is 6.38. The van der Waals surface area contributed by atoms with Gasteiger partial charge in [0.2, 0.25) is 0 Å². The summed E-state index contributed by atoms with van der Waals surface area (Å²) in [5, 5.41) is 1.11. The van der Waals surface area contributed by atoms with Crippen LogP contribution in [-0.4, -0.2) is 12.6 Å². The molecule has 0 aliphatic heterocycles. The molecule has 0 bridgehead atoms. The molecule has 0 fully saturated rings. The fourth-order valence-electron chi connectivity index (χ4n) is 1.85. The van der Waals surface area contributed by atoms with Crippen molar-refractivity contribution in [2.24, 2.45) is 5.84 Å². The van der Waals surface area contributed by atoms with Crippen molar-refractivity contribution in [1.82, 2.24) is 5.43 Å². The van der Waals surface area contributed by atoms with Crippen molar-refractivity contribution < 1.29 is 4.74 Å². The van der Waals surface area contributed by atoms with Gasteiger partial charge < -0.3 is 4.74 Å². The maximum Gasteiger partial charge on any atom is 0.119 e. The van der Waals surface area contributed by atoms with Gasteiger partial charge in [-0.2, -0.15) is 0 Å². The van der Waals surface area contributed by atoms with E-state index in [2.05, 4.69) is 5.43 Å². The van der Waals surface area contributed by atoms with E-state index < -0.39 is 0 Å². The lowest BCUT2D eigenvalue weighted by Crippen LogP contribution is -2.41. The summed E-state index contributed by atoms with van der Waals surface area (Å²) in [4.78, 5) is 0. The predicted molar refractivity (Wildman–Crippen MR) is 83.2 cm³/mol. The van der Waals surface area contributed by atoms with Crippen LogP contribution in [0.15, 0.2) is 48.5 Å². The van der Waals surface area contributed by atoms with Crippen LogP contribution in [-0.2, 0) is 6.42 Å². The van der Waals surface area contributed by atoms with E-state index in [-0.39, 0.29) is 6.04 Å². The van der Waals surface area contributed by atoms with Crippen LogP contribution in [0.2, 0.25) is 10.0 Å². The van der Waals surface area contributed by atoms with Gasteiger partial charge in [-0.25, -0.2) is 0 Å². The van der Waals surface area contributed by atoms with E-state index in [9.17, 15) is 0 Å². The molecule has 0 aliphatic carbocycles. The number of benzene rings is 2. The summed E-state index contributed by atoms with van der Waals surface area (Å²) < 4.78 is 5.68. The standard InChI is InChI=1S/C15H16Cl2N2O/c16-14-8-4-5-11(15(14)17)9-12(19-18)10-20-13-6-2-1-3-7-13/h1-8,12,19H,9-10,18H2. The van der Waals surface area contributed by atoms with Gasteiger partial charge in [-0.1, -0.05) is 53.5 Å². The van der Waals surface area contributed by atoms with Gasteiger partial charge >= 0.3 is 0 Å². The number of hydrazine groups is 1. The van der Waals surface area contributed by atoms with Crippen molar-refractivity contribution in [2.75, 3.05) is 6.61 Å². The Hall–Kier alpha value is -1.26. The Morgan fingerprint density at radius 2 is 1.80 bits per heavy atom. The normalized spacial score (nSPS) is 12.2. The van der Waals surface area contributed by atoms with Gasteiger partial charge in [0, 0.05) is 0 Å². The number of halogens is 2. The fourth-order valence-corrected chi connectivity index (χ4v) is 2.25. The first-order chi connectivity index (χ1) is 9.70. The molecule has 0 saturated carbocycles. The third kappa shape index (κ3) is 4.12. The van der Waals surface area contributed by atoms with E-state index in [0.717, 1.165) is 11.3 Å². The van der Waals surface area contributed by atoms with Crippen molar-refractivity contribution in [3.63, 3.8) is 0 Å². The Bertz CT molecular complexity index is 549. The molecule has 3 N–H and O–H groups in total. The third-order valence-electron chi connectivity index (χ3n) is 2.93. The molecule has 0 saturated heterocycles. The topological polar surface area (TPSA) is 47.3 Å². The molecule has 1 unspecified atom stereocenters. The summed E-state index contributed by atoms with van der Waals surface area (Å²) in [6.07, 6.45) is 0.642. The highest BCUT2D eigenvalue weighted by Gasteiger charge is 2.12. The molecular formula is C15H16Cl2N2O. The maximum atomic E-state index is 6.17. The van der Waals surface area contributed by atoms with Gasteiger partial charge in [-0.15, -0.1) is 0 Å².